The van der Waals surface area contributed by atoms with Gasteiger partial charge in [0.2, 0.25) is 5.95 Å². The fourth-order valence-corrected chi connectivity index (χ4v) is 5.26. The van der Waals surface area contributed by atoms with Gasteiger partial charge in [0.25, 0.3) is 0 Å². The summed E-state index contributed by atoms with van der Waals surface area (Å²) in [4.78, 5) is 16.2. The van der Waals surface area contributed by atoms with Crippen LogP contribution in [0.2, 0.25) is 0 Å². The van der Waals surface area contributed by atoms with Crippen LogP contribution < -0.4 is 9.64 Å². The molecule has 2 aromatic carbocycles. The van der Waals surface area contributed by atoms with Gasteiger partial charge in [-0.2, -0.15) is 0 Å². The fraction of sp³-hybridized carbons (Fsp3) is 0.448. The minimum atomic E-state index is -0.216. The number of aryl methyl sites for hydroxylation is 1. The molecule has 2 saturated heterocycles. The molecule has 2 aliphatic heterocycles. The molecule has 36 heavy (non-hydrogen) atoms. The number of anilines is 1. The third-order valence-electron chi connectivity index (χ3n) is 7.53. The van der Waals surface area contributed by atoms with Crippen LogP contribution in [0.15, 0.2) is 67.0 Å². The van der Waals surface area contributed by atoms with Crippen molar-refractivity contribution in [3.05, 3.63) is 83.9 Å². The molecule has 0 radical (unpaired) electrons. The van der Waals surface area contributed by atoms with E-state index in [1.807, 2.05) is 30.6 Å². The van der Waals surface area contributed by atoms with Crippen molar-refractivity contribution in [2.24, 2.45) is 5.92 Å². The van der Waals surface area contributed by atoms with Gasteiger partial charge in [-0.3, -0.25) is 4.90 Å². The average molecular weight is 490 g/mol. The number of piperazine rings is 1. The lowest BCUT2D eigenvalue weighted by Crippen LogP contribution is -2.49. The van der Waals surface area contributed by atoms with Crippen molar-refractivity contribution in [1.29, 1.82) is 0 Å². The Morgan fingerprint density at radius 2 is 1.53 bits per heavy atom. The smallest absolute Gasteiger partial charge is 0.225 e. The molecule has 0 saturated carbocycles. The normalized spacial score (nSPS) is 18.8. The summed E-state index contributed by atoms with van der Waals surface area (Å²) in [6.45, 7) is 10.1. The van der Waals surface area contributed by atoms with Crippen LogP contribution in [0, 0.1) is 18.7 Å². The van der Waals surface area contributed by atoms with Crippen molar-refractivity contribution in [2.75, 3.05) is 57.3 Å². The predicted octanol–water partition coefficient (Wildman–Crippen LogP) is 4.58. The number of halogens is 1. The number of rotatable bonds is 8. The molecule has 0 bridgehead atoms. The highest BCUT2D eigenvalue weighted by Gasteiger charge is 2.30. The molecule has 0 N–H and O–H groups in total. The molecule has 6 nitrogen and oxygen atoms in total. The van der Waals surface area contributed by atoms with Crippen LogP contribution in [0.1, 0.15) is 30.1 Å². The molecular weight excluding hydrogens is 453 g/mol. The average Bonchev–Trinajstić information content (AvgIpc) is 2.94. The number of benzene rings is 2. The lowest BCUT2D eigenvalue weighted by atomic mass is 9.87. The summed E-state index contributed by atoms with van der Waals surface area (Å²) in [7, 11) is 0. The van der Waals surface area contributed by atoms with Gasteiger partial charge in [-0.1, -0.05) is 36.4 Å². The molecule has 0 amide bonds. The number of hydrogen-bond donors (Lipinski definition) is 0. The maximum atomic E-state index is 14.2. The van der Waals surface area contributed by atoms with Gasteiger partial charge in [-0.25, -0.2) is 14.4 Å². The van der Waals surface area contributed by atoms with E-state index in [9.17, 15) is 4.39 Å². The summed E-state index contributed by atoms with van der Waals surface area (Å²) in [5.41, 5.74) is 1.80. The second kappa shape index (κ2) is 11.8. The quantitative estimate of drug-likeness (QED) is 0.462. The molecule has 0 aliphatic carbocycles. The van der Waals surface area contributed by atoms with Crippen molar-refractivity contribution in [3.8, 4) is 5.75 Å². The zero-order valence-electron chi connectivity index (χ0n) is 21.1. The highest BCUT2D eigenvalue weighted by atomic mass is 19.1. The third kappa shape index (κ3) is 6.20. The summed E-state index contributed by atoms with van der Waals surface area (Å²) in [5, 5.41) is 0. The largest absolute Gasteiger partial charge is 0.485 e. The maximum absolute atomic E-state index is 14.2. The lowest BCUT2D eigenvalue weighted by molar-refractivity contribution is 0.0715. The Kier molecular flexibility index (Phi) is 8.08. The fourth-order valence-electron chi connectivity index (χ4n) is 5.26. The van der Waals surface area contributed by atoms with Gasteiger partial charge in [0.05, 0.1) is 0 Å². The van der Waals surface area contributed by atoms with Crippen molar-refractivity contribution < 1.29 is 9.13 Å². The highest BCUT2D eigenvalue weighted by molar-refractivity contribution is 5.30. The Morgan fingerprint density at radius 1 is 0.861 bits per heavy atom. The Labute approximate surface area is 213 Å². The standard InChI is InChI=1S/C29H36FN5O/c1-23-8-9-26(22-27(23)30)36-28(24-6-3-2-4-7-24)25-10-14-33(15-11-25)16-17-34-18-20-35(21-19-34)29-31-12-5-13-32-29/h2-9,12-13,22,25,28H,10-11,14-21H2,1H3. The molecule has 3 heterocycles. The van der Waals surface area contributed by atoms with Gasteiger partial charge in [0.15, 0.2) is 0 Å². The zero-order chi connectivity index (χ0) is 24.7. The molecule has 2 fully saturated rings. The number of nitrogens with zero attached hydrogens (tertiary/aromatic N) is 5. The molecule has 3 aromatic rings. The van der Waals surface area contributed by atoms with Crippen molar-refractivity contribution in [3.63, 3.8) is 0 Å². The van der Waals surface area contributed by atoms with Crippen LogP contribution in [-0.2, 0) is 0 Å². The molecule has 1 aromatic heterocycles. The van der Waals surface area contributed by atoms with E-state index in [-0.39, 0.29) is 11.9 Å². The minimum absolute atomic E-state index is 0.0660. The topological polar surface area (TPSA) is 44.7 Å². The predicted molar refractivity (Wildman–Crippen MR) is 141 cm³/mol. The van der Waals surface area contributed by atoms with Gasteiger partial charge in [0, 0.05) is 63.6 Å². The Bertz CT molecular complexity index is 1080. The molecule has 1 unspecified atom stereocenters. The molecule has 7 heteroatoms. The van der Waals surface area contributed by atoms with Crippen LogP contribution in [0.25, 0.3) is 0 Å². The molecule has 5 rings (SSSR count). The first-order valence-corrected chi connectivity index (χ1v) is 13.1. The van der Waals surface area contributed by atoms with E-state index in [0.717, 1.165) is 76.7 Å². The van der Waals surface area contributed by atoms with Gasteiger partial charge < -0.3 is 14.5 Å². The summed E-state index contributed by atoms with van der Waals surface area (Å²) in [6.07, 6.45) is 5.71. The van der Waals surface area contributed by atoms with E-state index in [1.54, 1.807) is 13.0 Å². The third-order valence-corrected chi connectivity index (χ3v) is 7.53. The first kappa shape index (κ1) is 24.7. The summed E-state index contributed by atoms with van der Waals surface area (Å²) < 4.78 is 20.6. The number of piperidine rings is 1. The van der Waals surface area contributed by atoms with Gasteiger partial charge in [-0.15, -0.1) is 0 Å². The summed E-state index contributed by atoms with van der Waals surface area (Å²) in [5.74, 6) is 1.63. The Balaban J connectivity index is 1.12. The van der Waals surface area contributed by atoms with Crippen molar-refractivity contribution in [2.45, 2.75) is 25.9 Å². The van der Waals surface area contributed by atoms with E-state index in [0.29, 0.717) is 17.2 Å². The molecule has 0 spiro atoms. The van der Waals surface area contributed by atoms with Gasteiger partial charge in [0.1, 0.15) is 17.7 Å². The van der Waals surface area contributed by atoms with E-state index >= 15 is 0 Å². The molecule has 1 atom stereocenters. The zero-order valence-corrected chi connectivity index (χ0v) is 21.1. The summed E-state index contributed by atoms with van der Waals surface area (Å²) in [6, 6.07) is 17.4. The highest BCUT2D eigenvalue weighted by Crippen LogP contribution is 2.35. The second-order valence-corrected chi connectivity index (χ2v) is 9.92. The van der Waals surface area contributed by atoms with Crippen molar-refractivity contribution in [1.82, 2.24) is 19.8 Å². The number of hydrogen-bond acceptors (Lipinski definition) is 6. The van der Waals surface area contributed by atoms with Crippen LogP contribution in [0.3, 0.4) is 0 Å². The number of likely N-dealkylation sites (tertiary alicyclic amines) is 1. The maximum Gasteiger partial charge on any atom is 0.225 e. The van der Waals surface area contributed by atoms with Crippen LogP contribution in [0.4, 0.5) is 10.3 Å². The van der Waals surface area contributed by atoms with E-state index in [1.165, 1.54) is 6.07 Å². The van der Waals surface area contributed by atoms with E-state index in [4.69, 9.17) is 4.74 Å². The minimum Gasteiger partial charge on any atom is -0.485 e. The summed E-state index contributed by atoms with van der Waals surface area (Å²) >= 11 is 0. The monoisotopic (exact) mass is 489 g/mol. The van der Waals surface area contributed by atoms with Crippen molar-refractivity contribution >= 4 is 5.95 Å². The van der Waals surface area contributed by atoms with Gasteiger partial charge >= 0.3 is 0 Å². The number of aromatic nitrogens is 2. The SMILES string of the molecule is Cc1ccc(OC(c2ccccc2)C2CCN(CCN3CCN(c4ncccn4)CC3)CC2)cc1F. The second-order valence-electron chi connectivity index (χ2n) is 9.92. The lowest BCUT2D eigenvalue weighted by Gasteiger charge is -2.38. The van der Waals surface area contributed by atoms with E-state index in [2.05, 4.69) is 48.9 Å². The Hall–Kier alpha value is -3.03. The van der Waals surface area contributed by atoms with E-state index < -0.39 is 0 Å². The van der Waals surface area contributed by atoms with Gasteiger partial charge in [-0.05, 0) is 56.1 Å². The van der Waals surface area contributed by atoms with Crippen LogP contribution >= 0.6 is 0 Å². The first-order valence-electron chi connectivity index (χ1n) is 13.1. The molecular formula is C29H36FN5O. The first-order chi connectivity index (χ1) is 17.7. The Morgan fingerprint density at radius 3 is 2.19 bits per heavy atom. The van der Waals surface area contributed by atoms with Crippen LogP contribution in [0.5, 0.6) is 5.75 Å². The molecule has 2 aliphatic rings. The van der Waals surface area contributed by atoms with Crippen LogP contribution in [-0.4, -0.2) is 72.1 Å². The number of ether oxygens (including phenoxy) is 1. The molecule has 190 valence electrons.